The standard InChI is InChI=1S/C6H12.C2H6O.CH2Cl2/c1-2-4-6-5-3-1;1-2-3;2-1-3/h1-6H2;3H,2H2,1H3;1H2. The fraction of sp³-hybridized carbons (Fsp3) is 1.00. The van der Waals surface area contributed by atoms with Crippen molar-refractivity contribution < 1.29 is 5.11 Å². The van der Waals surface area contributed by atoms with Gasteiger partial charge in [0.15, 0.2) is 0 Å². The Labute approximate surface area is 86.1 Å². The van der Waals surface area contributed by atoms with Crippen LogP contribution in [0.5, 0.6) is 0 Å². The Bertz CT molecular complexity index is 43.0. The predicted octanol–water partition coefficient (Wildman–Crippen LogP) is 3.76. The molecule has 0 atom stereocenters. The topological polar surface area (TPSA) is 20.2 Å². The molecule has 0 aromatic carbocycles. The molecule has 1 N–H and O–H groups in total. The number of rotatable bonds is 0. The summed E-state index contributed by atoms with van der Waals surface area (Å²) < 4.78 is 0. The highest BCUT2D eigenvalue weighted by Crippen LogP contribution is 2.15. The first-order valence-electron chi connectivity index (χ1n) is 4.56. The average molecular weight is 215 g/mol. The monoisotopic (exact) mass is 214 g/mol. The van der Waals surface area contributed by atoms with Gasteiger partial charge in [0, 0.05) is 6.61 Å². The molecule has 1 saturated carbocycles. The summed E-state index contributed by atoms with van der Waals surface area (Å²) in [6, 6.07) is 0. The molecule has 1 fully saturated rings. The van der Waals surface area contributed by atoms with Crippen molar-refractivity contribution in [2.45, 2.75) is 45.4 Å². The quantitative estimate of drug-likeness (QED) is 0.610. The molecule has 1 aliphatic rings. The van der Waals surface area contributed by atoms with E-state index in [9.17, 15) is 0 Å². The summed E-state index contributed by atoms with van der Waals surface area (Å²) in [6.07, 6.45) is 9.00. The van der Waals surface area contributed by atoms with Crippen LogP contribution in [0.25, 0.3) is 0 Å². The third-order valence-corrected chi connectivity index (χ3v) is 1.50. The molecule has 0 radical (unpaired) electrons. The van der Waals surface area contributed by atoms with Crippen molar-refractivity contribution in [2.75, 3.05) is 11.9 Å². The molecule has 76 valence electrons. The van der Waals surface area contributed by atoms with Gasteiger partial charge in [-0.05, 0) is 6.92 Å². The van der Waals surface area contributed by atoms with Crippen molar-refractivity contribution in [3.63, 3.8) is 0 Å². The molecule has 0 spiro atoms. The first kappa shape index (κ1) is 15.0. The molecule has 0 saturated heterocycles. The van der Waals surface area contributed by atoms with Gasteiger partial charge in [-0.15, -0.1) is 23.2 Å². The van der Waals surface area contributed by atoms with Crippen molar-refractivity contribution in [3.05, 3.63) is 0 Å². The largest absolute Gasteiger partial charge is 0.397 e. The summed E-state index contributed by atoms with van der Waals surface area (Å²) in [7, 11) is 0. The molecule has 1 aliphatic carbocycles. The van der Waals surface area contributed by atoms with Crippen LogP contribution in [0, 0.1) is 0 Å². The minimum Gasteiger partial charge on any atom is -0.397 e. The zero-order valence-corrected chi connectivity index (χ0v) is 9.37. The van der Waals surface area contributed by atoms with Gasteiger partial charge >= 0.3 is 0 Å². The summed E-state index contributed by atoms with van der Waals surface area (Å²) in [4.78, 5) is 0. The molecule has 12 heavy (non-hydrogen) atoms. The Kier molecular flexibility index (Phi) is 22.0. The lowest BCUT2D eigenvalue weighted by molar-refractivity contribution is 0.318. The van der Waals surface area contributed by atoms with Gasteiger partial charge in [-0.3, -0.25) is 0 Å². The van der Waals surface area contributed by atoms with Crippen LogP contribution in [0.3, 0.4) is 0 Å². The molecule has 0 aromatic heterocycles. The maximum Gasteiger partial charge on any atom is 0.0967 e. The fourth-order valence-electron chi connectivity index (χ4n) is 1.06. The lowest BCUT2D eigenvalue weighted by Crippen LogP contribution is -1.85. The molecule has 3 heteroatoms. The summed E-state index contributed by atoms with van der Waals surface area (Å²) in [5.74, 6) is 0. The van der Waals surface area contributed by atoms with Gasteiger partial charge < -0.3 is 5.11 Å². The minimum atomic E-state index is 0.194. The van der Waals surface area contributed by atoms with E-state index in [-0.39, 0.29) is 11.9 Å². The Hall–Kier alpha value is 0.540. The molecule has 0 aromatic rings. The first-order chi connectivity index (χ1) is 5.83. The second-order valence-corrected chi connectivity index (χ2v) is 3.35. The van der Waals surface area contributed by atoms with Crippen LogP contribution >= 0.6 is 23.2 Å². The van der Waals surface area contributed by atoms with E-state index in [0.717, 1.165) is 0 Å². The van der Waals surface area contributed by atoms with Crippen LogP contribution in [-0.4, -0.2) is 17.1 Å². The average Bonchev–Trinajstić information content (AvgIpc) is 2.10. The van der Waals surface area contributed by atoms with Crippen LogP contribution in [0.15, 0.2) is 0 Å². The van der Waals surface area contributed by atoms with Gasteiger partial charge in [0.1, 0.15) is 0 Å². The van der Waals surface area contributed by atoms with Gasteiger partial charge in [-0.1, -0.05) is 38.5 Å². The molecular weight excluding hydrogens is 195 g/mol. The van der Waals surface area contributed by atoms with Gasteiger partial charge in [0.25, 0.3) is 0 Å². The van der Waals surface area contributed by atoms with E-state index < -0.39 is 0 Å². The molecule has 0 bridgehead atoms. The maximum absolute atomic E-state index is 7.57. The van der Waals surface area contributed by atoms with Crippen LogP contribution in [0.4, 0.5) is 0 Å². The number of aliphatic hydroxyl groups is 1. The zero-order valence-electron chi connectivity index (χ0n) is 7.86. The number of hydrogen-bond acceptors (Lipinski definition) is 1. The van der Waals surface area contributed by atoms with E-state index in [4.69, 9.17) is 28.3 Å². The predicted molar refractivity (Wildman–Crippen MR) is 57.0 cm³/mol. The van der Waals surface area contributed by atoms with Crippen molar-refractivity contribution in [2.24, 2.45) is 0 Å². The third kappa shape index (κ3) is 22.4. The lowest BCUT2D eigenvalue weighted by atomic mass is 10.0. The summed E-state index contributed by atoms with van der Waals surface area (Å²) >= 11 is 9.53. The van der Waals surface area contributed by atoms with Crippen molar-refractivity contribution >= 4 is 23.2 Å². The van der Waals surface area contributed by atoms with Crippen molar-refractivity contribution in [3.8, 4) is 0 Å². The molecule has 0 unspecified atom stereocenters. The van der Waals surface area contributed by atoms with E-state index in [0.29, 0.717) is 0 Å². The highest BCUT2D eigenvalue weighted by Gasteiger charge is 1.95. The highest BCUT2D eigenvalue weighted by atomic mass is 35.5. The van der Waals surface area contributed by atoms with Crippen LogP contribution in [-0.2, 0) is 0 Å². The zero-order chi connectivity index (χ0) is 9.66. The third-order valence-electron chi connectivity index (χ3n) is 1.50. The summed E-state index contributed by atoms with van der Waals surface area (Å²) in [5.41, 5.74) is 0. The van der Waals surface area contributed by atoms with E-state index >= 15 is 0 Å². The van der Waals surface area contributed by atoms with E-state index in [1.54, 1.807) is 6.92 Å². The molecule has 0 heterocycles. The van der Waals surface area contributed by atoms with E-state index in [2.05, 4.69) is 0 Å². The molecular formula is C9H20Cl2O. The Morgan fingerprint density at radius 2 is 1.00 bits per heavy atom. The second-order valence-electron chi connectivity index (χ2n) is 2.54. The Morgan fingerprint density at radius 3 is 1.08 bits per heavy atom. The summed E-state index contributed by atoms with van der Waals surface area (Å²) in [5, 5.41) is 7.76. The van der Waals surface area contributed by atoms with E-state index in [1.165, 1.54) is 38.5 Å². The van der Waals surface area contributed by atoms with Gasteiger partial charge in [-0.2, -0.15) is 0 Å². The number of alkyl halides is 2. The second kappa shape index (κ2) is 17.6. The molecule has 1 rings (SSSR count). The SMILES string of the molecule is C1CCCCC1.CCO.ClCCl. The number of hydrogen-bond donors (Lipinski definition) is 1. The maximum atomic E-state index is 7.57. The molecule has 0 aliphatic heterocycles. The lowest BCUT2D eigenvalue weighted by Gasteiger charge is -2.05. The van der Waals surface area contributed by atoms with Gasteiger partial charge in [0.2, 0.25) is 0 Å². The van der Waals surface area contributed by atoms with Gasteiger partial charge in [0.05, 0.1) is 5.34 Å². The van der Waals surface area contributed by atoms with Gasteiger partial charge in [-0.25, -0.2) is 0 Å². The minimum absolute atomic E-state index is 0.194. The first-order valence-corrected chi connectivity index (χ1v) is 5.63. The van der Waals surface area contributed by atoms with Crippen molar-refractivity contribution in [1.29, 1.82) is 0 Å². The molecule has 0 amide bonds. The summed E-state index contributed by atoms with van der Waals surface area (Å²) in [6.45, 7) is 1.93. The Morgan fingerprint density at radius 1 is 0.917 bits per heavy atom. The van der Waals surface area contributed by atoms with Crippen molar-refractivity contribution in [1.82, 2.24) is 0 Å². The highest BCUT2D eigenvalue weighted by molar-refractivity contribution is 6.40. The van der Waals surface area contributed by atoms with Crippen LogP contribution < -0.4 is 0 Å². The van der Waals surface area contributed by atoms with E-state index in [1.807, 2.05) is 0 Å². The molecule has 1 nitrogen and oxygen atoms in total. The van der Waals surface area contributed by atoms with Crippen LogP contribution in [0.2, 0.25) is 0 Å². The number of aliphatic hydroxyl groups excluding tert-OH is 1. The number of halogens is 2. The fourth-order valence-corrected chi connectivity index (χ4v) is 1.06. The normalized spacial score (nSPS) is 15.0. The Balaban J connectivity index is 0. The van der Waals surface area contributed by atoms with Crippen LogP contribution in [0.1, 0.15) is 45.4 Å². The smallest absolute Gasteiger partial charge is 0.0967 e.